The van der Waals surface area contributed by atoms with Gasteiger partial charge in [-0.2, -0.15) is 0 Å². The van der Waals surface area contributed by atoms with Crippen molar-refractivity contribution in [2.45, 2.75) is 11.6 Å². The number of aromatic nitrogens is 3. The zero-order valence-corrected chi connectivity index (χ0v) is 14.4. The van der Waals surface area contributed by atoms with Gasteiger partial charge in [0.1, 0.15) is 0 Å². The Balaban J connectivity index is 1.83. The molecule has 0 spiro atoms. The van der Waals surface area contributed by atoms with Gasteiger partial charge in [0, 0.05) is 0 Å². The first kappa shape index (κ1) is 13.7. The Morgan fingerprint density at radius 2 is 1.95 bits per heavy atom. The third-order valence-corrected chi connectivity index (χ3v) is 7.14. The molecule has 7 heteroatoms. The molecule has 0 saturated heterocycles. The summed E-state index contributed by atoms with van der Waals surface area (Å²) in [5.41, 5.74) is 3.40. The zero-order valence-electron chi connectivity index (χ0n) is 10.7. The number of allylic oxidation sites excluding steroid dienone is 1. The van der Waals surface area contributed by atoms with Crippen molar-refractivity contribution in [3.8, 4) is 0 Å². The normalized spacial score (nSPS) is 13.9. The molecule has 3 rings (SSSR count). The first-order chi connectivity index (χ1) is 9.54. The van der Waals surface area contributed by atoms with E-state index in [1.807, 2.05) is 12.3 Å². The van der Waals surface area contributed by atoms with E-state index in [1.165, 1.54) is 14.8 Å². The molecule has 2 aromatic rings. The van der Waals surface area contributed by atoms with Gasteiger partial charge in [-0.3, -0.25) is 0 Å². The molecular formula is C13H11N3O2SSn. The molecule has 0 atom stereocenters. The summed E-state index contributed by atoms with van der Waals surface area (Å²) in [7, 11) is -3.33. The predicted molar refractivity (Wildman–Crippen MR) is 76.4 cm³/mol. The van der Waals surface area contributed by atoms with Crippen LogP contribution < -0.4 is 3.71 Å². The summed E-state index contributed by atoms with van der Waals surface area (Å²) >= 11 is -0.692. The van der Waals surface area contributed by atoms with Crippen LogP contribution in [0.1, 0.15) is 11.1 Å². The molecule has 0 unspecified atom stereocenters. The molecule has 0 N–H and O–H groups in total. The fourth-order valence-electron chi connectivity index (χ4n) is 2.00. The van der Waals surface area contributed by atoms with Crippen LogP contribution in [-0.4, -0.2) is 50.8 Å². The molecular weight excluding hydrogens is 381 g/mol. The molecule has 0 aromatic carbocycles. The van der Waals surface area contributed by atoms with E-state index >= 15 is 0 Å². The Labute approximate surface area is 127 Å². The van der Waals surface area contributed by atoms with E-state index in [1.54, 1.807) is 12.4 Å². The van der Waals surface area contributed by atoms with Crippen LogP contribution in [0, 0.1) is 0 Å². The first-order valence-corrected chi connectivity index (χ1v) is 10.9. The Hall–Kier alpha value is -1.28. The van der Waals surface area contributed by atoms with Gasteiger partial charge in [0.25, 0.3) is 0 Å². The number of hydrogen-bond acceptors (Lipinski definition) is 5. The Morgan fingerprint density at radius 3 is 2.65 bits per heavy atom. The minimum absolute atomic E-state index is 0.125. The number of nitrogens with zero attached hydrogens (tertiary/aromatic N) is 3. The van der Waals surface area contributed by atoms with E-state index in [0.29, 0.717) is 0 Å². The van der Waals surface area contributed by atoms with Gasteiger partial charge >= 0.3 is 127 Å². The van der Waals surface area contributed by atoms with Crippen molar-refractivity contribution in [1.82, 2.24) is 15.0 Å². The summed E-state index contributed by atoms with van der Waals surface area (Å²) in [6.07, 6.45) is 6.84. The number of fused-ring (bicyclic) bond motifs is 1. The van der Waals surface area contributed by atoms with Crippen molar-refractivity contribution in [2.75, 3.05) is 6.26 Å². The van der Waals surface area contributed by atoms with Gasteiger partial charge in [-0.05, 0) is 0 Å². The van der Waals surface area contributed by atoms with Crippen LogP contribution in [0.3, 0.4) is 0 Å². The molecule has 100 valence electrons. The number of pyridine rings is 1. The van der Waals surface area contributed by atoms with Crippen LogP contribution in [-0.2, 0) is 16.3 Å². The zero-order chi connectivity index (χ0) is 14.2. The molecule has 0 bridgehead atoms. The maximum atomic E-state index is 11.3. The summed E-state index contributed by atoms with van der Waals surface area (Å²) < 4.78 is 26.2. The van der Waals surface area contributed by atoms with Gasteiger partial charge in [0.2, 0.25) is 0 Å². The van der Waals surface area contributed by atoms with Crippen LogP contribution in [0.2, 0.25) is 0 Å². The molecule has 1 aliphatic heterocycles. The Bertz CT molecular complexity index is 786. The number of hydrogen-bond donors (Lipinski definition) is 0. The average molecular weight is 392 g/mol. The molecule has 0 aliphatic carbocycles. The first-order valence-electron chi connectivity index (χ1n) is 5.96. The summed E-state index contributed by atoms with van der Waals surface area (Å²) in [5.74, 6) is 0. The van der Waals surface area contributed by atoms with Crippen LogP contribution in [0.5, 0.6) is 0 Å². The molecule has 2 aromatic heterocycles. The molecule has 0 fully saturated rings. The van der Waals surface area contributed by atoms with Gasteiger partial charge in [-0.15, -0.1) is 0 Å². The van der Waals surface area contributed by atoms with Crippen molar-refractivity contribution in [2.24, 2.45) is 0 Å². The predicted octanol–water partition coefficient (Wildman–Crippen LogP) is 0.202. The van der Waals surface area contributed by atoms with Crippen molar-refractivity contribution in [1.29, 1.82) is 0 Å². The SMILES string of the molecule is CS(=O)(=O)c1ncc(CC2=[CH][Sn][c]3ncccc32)cn1. The fraction of sp³-hybridized carbons (Fsp3) is 0.154. The second-order valence-electron chi connectivity index (χ2n) is 4.54. The van der Waals surface area contributed by atoms with Crippen LogP contribution in [0.4, 0.5) is 0 Å². The standard InChI is InChI=1S/C13H11N3O2S.Sn/c1-10(12-4-3-5-14-9-12)6-11-7-15-13(16-8-11)19(2,17)18;/h1,3-5,7-8H,6H2,2H3;. The van der Waals surface area contributed by atoms with E-state index in [2.05, 4.69) is 25.1 Å². The van der Waals surface area contributed by atoms with Gasteiger partial charge < -0.3 is 0 Å². The molecule has 3 heterocycles. The van der Waals surface area contributed by atoms with Crippen molar-refractivity contribution in [3.05, 3.63) is 45.9 Å². The summed E-state index contributed by atoms with van der Waals surface area (Å²) in [5, 5.41) is -0.125. The molecule has 20 heavy (non-hydrogen) atoms. The van der Waals surface area contributed by atoms with Crippen LogP contribution in [0.15, 0.2) is 40.0 Å². The van der Waals surface area contributed by atoms with E-state index in [-0.39, 0.29) is 5.16 Å². The fourth-order valence-corrected chi connectivity index (χ4v) is 5.68. The quantitative estimate of drug-likeness (QED) is 0.552. The van der Waals surface area contributed by atoms with Gasteiger partial charge in [0.15, 0.2) is 0 Å². The molecule has 5 nitrogen and oxygen atoms in total. The second-order valence-corrected chi connectivity index (χ2v) is 9.45. The van der Waals surface area contributed by atoms with Crippen molar-refractivity contribution < 1.29 is 8.42 Å². The van der Waals surface area contributed by atoms with E-state index < -0.39 is 31.0 Å². The maximum absolute atomic E-state index is 11.3. The number of sulfone groups is 1. The molecule has 1 aliphatic rings. The van der Waals surface area contributed by atoms with E-state index in [9.17, 15) is 8.42 Å². The van der Waals surface area contributed by atoms with E-state index in [4.69, 9.17) is 0 Å². The Kier molecular flexibility index (Phi) is 3.59. The van der Waals surface area contributed by atoms with Crippen LogP contribution >= 0.6 is 0 Å². The minimum atomic E-state index is -3.33. The van der Waals surface area contributed by atoms with Gasteiger partial charge in [0.05, 0.1) is 0 Å². The third kappa shape index (κ3) is 2.76. The second kappa shape index (κ2) is 5.25. The third-order valence-electron chi connectivity index (χ3n) is 2.94. The average Bonchev–Trinajstić information content (AvgIpc) is 2.82. The molecule has 2 radical (unpaired) electrons. The molecule has 0 saturated carbocycles. The van der Waals surface area contributed by atoms with Crippen molar-refractivity contribution in [3.63, 3.8) is 0 Å². The monoisotopic (exact) mass is 393 g/mol. The van der Waals surface area contributed by atoms with E-state index in [0.717, 1.165) is 18.2 Å². The topological polar surface area (TPSA) is 72.8 Å². The van der Waals surface area contributed by atoms with Crippen molar-refractivity contribution >= 4 is 40.3 Å². The Morgan fingerprint density at radius 1 is 1.20 bits per heavy atom. The summed E-state index contributed by atoms with van der Waals surface area (Å²) in [6, 6.07) is 4.04. The number of rotatable bonds is 3. The van der Waals surface area contributed by atoms with Gasteiger partial charge in [-0.25, -0.2) is 0 Å². The molecule has 0 amide bonds. The summed E-state index contributed by atoms with van der Waals surface area (Å²) in [4.78, 5) is 12.3. The summed E-state index contributed by atoms with van der Waals surface area (Å²) in [6.45, 7) is 0. The van der Waals surface area contributed by atoms with Crippen LogP contribution in [0.25, 0.3) is 5.57 Å². The van der Waals surface area contributed by atoms with Gasteiger partial charge in [-0.1, -0.05) is 0 Å².